The van der Waals surface area contributed by atoms with Crippen molar-refractivity contribution in [3.05, 3.63) is 59.5 Å². The topological polar surface area (TPSA) is 83.3 Å². The average molecular weight is 327 g/mol. The van der Waals surface area contributed by atoms with Gasteiger partial charge in [0.25, 0.3) is 0 Å². The smallest absolute Gasteiger partial charge is 0.152 e. The van der Waals surface area contributed by atoms with Crippen LogP contribution in [-0.2, 0) is 13.1 Å². The number of nitrogens with zero attached hydrogens (tertiary/aromatic N) is 1. The van der Waals surface area contributed by atoms with Crippen molar-refractivity contribution in [1.29, 1.82) is 0 Å². The lowest BCUT2D eigenvalue weighted by molar-refractivity contribution is 0.200. The van der Waals surface area contributed by atoms with Crippen LogP contribution in [0, 0.1) is 6.92 Å². The van der Waals surface area contributed by atoms with Gasteiger partial charge in [0.2, 0.25) is 0 Å². The predicted octanol–water partition coefficient (Wildman–Crippen LogP) is 2.64. The molecule has 0 aliphatic carbocycles. The molecule has 3 aromatic rings. The fraction of sp³-hybridized carbons (Fsp3) is 0.278. The Morgan fingerprint density at radius 2 is 2.00 bits per heavy atom. The molecule has 126 valence electrons. The van der Waals surface area contributed by atoms with Gasteiger partial charge in [-0.2, -0.15) is 5.10 Å². The van der Waals surface area contributed by atoms with E-state index in [1.807, 2.05) is 43.3 Å². The molecule has 3 N–H and O–H groups in total. The summed E-state index contributed by atoms with van der Waals surface area (Å²) in [6.45, 7) is 3.52. The van der Waals surface area contributed by atoms with Gasteiger partial charge in [-0.25, -0.2) is 0 Å². The standard InChI is InChI=1S/C18H21N3O3/c1-13-6-7-17(24-13)18-15(12-20-21-18)11-19-10-14-4-2-3-5-16(14)23-9-8-22/h2-7,12,19,22H,8-11H2,1H3,(H,20,21). The summed E-state index contributed by atoms with van der Waals surface area (Å²) in [4.78, 5) is 0. The van der Waals surface area contributed by atoms with E-state index in [4.69, 9.17) is 14.3 Å². The number of furan rings is 1. The minimum absolute atomic E-state index is 0.00268. The van der Waals surface area contributed by atoms with Gasteiger partial charge in [-0.3, -0.25) is 5.10 Å². The third kappa shape index (κ3) is 3.84. The SMILES string of the molecule is Cc1ccc(-c2[nH]ncc2CNCc2ccccc2OCCO)o1. The summed E-state index contributed by atoms with van der Waals surface area (Å²) < 4.78 is 11.2. The van der Waals surface area contributed by atoms with Crippen LogP contribution in [0.5, 0.6) is 5.75 Å². The van der Waals surface area contributed by atoms with E-state index in [1.165, 1.54) is 0 Å². The number of rotatable bonds is 8. The van der Waals surface area contributed by atoms with E-state index in [9.17, 15) is 0 Å². The molecule has 0 spiro atoms. The number of aryl methyl sites for hydroxylation is 1. The molecule has 6 nitrogen and oxygen atoms in total. The van der Waals surface area contributed by atoms with Crippen molar-refractivity contribution in [2.24, 2.45) is 0 Å². The van der Waals surface area contributed by atoms with Crippen molar-refractivity contribution in [3.8, 4) is 17.2 Å². The minimum Gasteiger partial charge on any atom is -0.491 e. The molecule has 6 heteroatoms. The fourth-order valence-electron chi connectivity index (χ4n) is 2.51. The first-order chi connectivity index (χ1) is 11.8. The van der Waals surface area contributed by atoms with Crippen molar-refractivity contribution in [2.45, 2.75) is 20.0 Å². The molecular weight excluding hydrogens is 306 g/mol. The largest absolute Gasteiger partial charge is 0.491 e. The second kappa shape index (κ2) is 7.81. The molecule has 0 radical (unpaired) electrons. The highest BCUT2D eigenvalue weighted by atomic mass is 16.5. The van der Waals surface area contributed by atoms with Gasteiger partial charge < -0.3 is 19.6 Å². The molecule has 0 bridgehead atoms. The Hall–Kier alpha value is -2.57. The molecule has 0 fully saturated rings. The highest BCUT2D eigenvalue weighted by Gasteiger charge is 2.11. The second-order valence-corrected chi connectivity index (χ2v) is 5.46. The first-order valence-corrected chi connectivity index (χ1v) is 7.89. The van der Waals surface area contributed by atoms with Gasteiger partial charge in [0, 0.05) is 24.2 Å². The summed E-state index contributed by atoms with van der Waals surface area (Å²) in [6.07, 6.45) is 1.80. The molecule has 0 aliphatic rings. The van der Waals surface area contributed by atoms with E-state index in [2.05, 4.69) is 15.5 Å². The van der Waals surface area contributed by atoms with Gasteiger partial charge in [0.05, 0.1) is 12.8 Å². The molecule has 0 aliphatic heterocycles. The first-order valence-electron chi connectivity index (χ1n) is 7.89. The number of para-hydroxylation sites is 1. The van der Waals surface area contributed by atoms with Crippen molar-refractivity contribution in [1.82, 2.24) is 15.5 Å². The second-order valence-electron chi connectivity index (χ2n) is 5.46. The van der Waals surface area contributed by atoms with E-state index in [1.54, 1.807) is 6.20 Å². The third-order valence-electron chi connectivity index (χ3n) is 3.66. The number of aromatic amines is 1. The summed E-state index contributed by atoms with van der Waals surface area (Å²) in [7, 11) is 0. The zero-order valence-electron chi connectivity index (χ0n) is 13.6. The van der Waals surface area contributed by atoms with Gasteiger partial charge in [-0.05, 0) is 25.1 Å². The van der Waals surface area contributed by atoms with E-state index < -0.39 is 0 Å². The van der Waals surface area contributed by atoms with E-state index in [0.29, 0.717) is 19.7 Å². The number of aromatic nitrogens is 2. The van der Waals surface area contributed by atoms with Crippen molar-refractivity contribution >= 4 is 0 Å². The summed E-state index contributed by atoms with van der Waals surface area (Å²) >= 11 is 0. The molecule has 0 saturated carbocycles. The van der Waals surface area contributed by atoms with Crippen molar-refractivity contribution in [2.75, 3.05) is 13.2 Å². The molecule has 0 unspecified atom stereocenters. The van der Waals surface area contributed by atoms with Crippen LogP contribution in [0.2, 0.25) is 0 Å². The Labute approximate surface area is 140 Å². The third-order valence-corrected chi connectivity index (χ3v) is 3.66. The number of aliphatic hydroxyl groups is 1. The molecule has 2 aromatic heterocycles. The maximum absolute atomic E-state index is 8.90. The monoisotopic (exact) mass is 327 g/mol. The molecular formula is C18H21N3O3. The van der Waals surface area contributed by atoms with Crippen LogP contribution >= 0.6 is 0 Å². The average Bonchev–Trinajstić information content (AvgIpc) is 3.22. The van der Waals surface area contributed by atoms with Crippen molar-refractivity contribution in [3.63, 3.8) is 0 Å². The lowest BCUT2D eigenvalue weighted by atomic mass is 10.2. The van der Waals surface area contributed by atoms with E-state index >= 15 is 0 Å². The molecule has 3 rings (SSSR count). The van der Waals surface area contributed by atoms with Crippen molar-refractivity contribution < 1.29 is 14.3 Å². The zero-order chi connectivity index (χ0) is 16.8. The number of H-pyrrole nitrogens is 1. The lowest BCUT2D eigenvalue weighted by Crippen LogP contribution is -2.14. The van der Waals surface area contributed by atoms with Crippen LogP contribution in [0.25, 0.3) is 11.5 Å². The van der Waals surface area contributed by atoms with Crippen LogP contribution in [-0.4, -0.2) is 28.5 Å². The fourth-order valence-corrected chi connectivity index (χ4v) is 2.51. The Bertz CT molecular complexity index is 779. The van der Waals surface area contributed by atoms with Crippen LogP contribution in [0.1, 0.15) is 16.9 Å². The minimum atomic E-state index is 0.00268. The van der Waals surface area contributed by atoms with Gasteiger partial charge in [-0.15, -0.1) is 0 Å². The van der Waals surface area contributed by atoms with Gasteiger partial charge in [0.1, 0.15) is 23.8 Å². The predicted molar refractivity (Wildman–Crippen MR) is 90.6 cm³/mol. The Morgan fingerprint density at radius 1 is 1.17 bits per heavy atom. The molecule has 2 heterocycles. The van der Waals surface area contributed by atoms with Gasteiger partial charge in [-0.1, -0.05) is 18.2 Å². The molecule has 24 heavy (non-hydrogen) atoms. The van der Waals surface area contributed by atoms with E-state index in [-0.39, 0.29) is 6.61 Å². The number of ether oxygens (including phenoxy) is 1. The molecule has 0 saturated heterocycles. The highest BCUT2D eigenvalue weighted by Crippen LogP contribution is 2.23. The van der Waals surface area contributed by atoms with Crippen LogP contribution < -0.4 is 10.1 Å². The number of hydrogen-bond donors (Lipinski definition) is 3. The quantitative estimate of drug-likeness (QED) is 0.592. The van der Waals surface area contributed by atoms with Crippen LogP contribution in [0.4, 0.5) is 0 Å². The van der Waals surface area contributed by atoms with E-state index in [0.717, 1.165) is 34.1 Å². The Morgan fingerprint density at radius 3 is 2.79 bits per heavy atom. The van der Waals surface area contributed by atoms with Gasteiger partial charge >= 0.3 is 0 Å². The zero-order valence-corrected chi connectivity index (χ0v) is 13.6. The lowest BCUT2D eigenvalue weighted by Gasteiger charge is -2.11. The summed E-state index contributed by atoms with van der Waals surface area (Å²) in [6, 6.07) is 11.7. The van der Waals surface area contributed by atoms with Crippen LogP contribution in [0.15, 0.2) is 47.0 Å². The summed E-state index contributed by atoms with van der Waals surface area (Å²) in [5.74, 6) is 2.44. The first kappa shape index (κ1) is 16.3. The molecule has 0 atom stereocenters. The summed E-state index contributed by atoms with van der Waals surface area (Å²) in [5.41, 5.74) is 2.98. The van der Waals surface area contributed by atoms with Crippen LogP contribution in [0.3, 0.4) is 0 Å². The summed E-state index contributed by atoms with van der Waals surface area (Å²) in [5, 5.41) is 19.4. The molecule has 0 amide bonds. The Balaban J connectivity index is 1.63. The maximum atomic E-state index is 8.90. The molecule has 1 aromatic carbocycles. The number of benzene rings is 1. The number of hydrogen-bond acceptors (Lipinski definition) is 5. The number of aliphatic hydroxyl groups excluding tert-OH is 1. The maximum Gasteiger partial charge on any atom is 0.152 e. The Kier molecular flexibility index (Phi) is 5.30. The highest BCUT2D eigenvalue weighted by molar-refractivity contribution is 5.56. The number of nitrogens with one attached hydrogen (secondary N) is 2. The van der Waals surface area contributed by atoms with Gasteiger partial charge in [0.15, 0.2) is 5.76 Å². The normalized spacial score (nSPS) is 10.9.